The number of hydrogen-bond acceptors (Lipinski definition) is 3. The number of benzene rings is 2. The van der Waals surface area contributed by atoms with Crippen molar-refractivity contribution in [1.29, 1.82) is 0 Å². The first-order valence-corrected chi connectivity index (χ1v) is 7.92. The van der Waals surface area contributed by atoms with Gasteiger partial charge in [-0.1, -0.05) is 29.4 Å². The second-order valence-corrected chi connectivity index (χ2v) is 5.86. The molecule has 0 atom stereocenters. The van der Waals surface area contributed by atoms with Crippen molar-refractivity contribution in [3.05, 3.63) is 76.7 Å². The normalized spacial score (nSPS) is 11.4. The van der Waals surface area contributed by atoms with Gasteiger partial charge in [-0.25, -0.2) is 4.39 Å². The van der Waals surface area contributed by atoms with Crippen molar-refractivity contribution in [3.8, 4) is 11.3 Å². The van der Waals surface area contributed by atoms with Crippen LogP contribution in [0.2, 0.25) is 0 Å². The Hall–Kier alpha value is -3.16. The number of nitrogens with zero attached hydrogens (tertiary/aromatic N) is 1. The van der Waals surface area contributed by atoms with Crippen molar-refractivity contribution in [1.82, 2.24) is 10.5 Å². The standard InChI is InChI=1S/C19H14F4N2O2/c1-11-16(17(27-25-11)13-3-2-4-15(20)9-13)18(26)24-10-12-5-7-14(8-6-12)19(21,22)23/h2-9H,10H2,1H3,(H,24,26). The highest BCUT2D eigenvalue weighted by molar-refractivity contribution is 6.00. The fourth-order valence-electron chi connectivity index (χ4n) is 2.55. The lowest BCUT2D eigenvalue weighted by molar-refractivity contribution is -0.137. The Morgan fingerprint density at radius 1 is 1.15 bits per heavy atom. The maximum atomic E-state index is 13.4. The van der Waals surface area contributed by atoms with E-state index in [0.717, 1.165) is 12.1 Å². The van der Waals surface area contributed by atoms with E-state index in [1.807, 2.05) is 0 Å². The van der Waals surface area contributed by atoms with Crippen molar-refractivity contribution in [2.75, 3.05) is 0 Å². The summed E-state index contributed by atoms with van der Waals surface area (Å²) in [5.74, 6) is -0.887. The molecular formula is C19H14F4N2O2. The van der Waals surface area contributed by atoms with Gasteiger partial charge < -0.3 is 9.84 Å². The minimum Gasteiger partial charge on any atom is -0.355 e. The second-order valence-electron chi connectivity index (χ2n) is 5.86. The lowest BCUT2D eigenvalue weighted by atomic mass is 10.1. The molecule has 1 N–H and O–H groups in total. The summed E-state index contributed by atoms with van der Waals surface area (Å²) in [5.41, 5.74) is 0.556. The molecule has 1 aromatic heterocycles. The highest BCUT2D eigenvalue weighted by Crippen LogP contribution is 2.29. The summed E-state index contributed by atoms with van der Waals surface area (Å²) in [6, 6.07) is 10.0. The fraction of sp³-hybridized carbons (Fsp3) is 0.158. The van der Waals surface area contributed by atoms with E-state index in [4.69, 9.17) is 4.52 Å². The smallest absolute Gasteiger partial charge is 0.355 e. The molecule has 1 heterocycles. The quantitative estimate of drug-likeness (QED) is 0.668. The number of alkyl halides is 3. The molecule has 0 aliphatic heterocycles. The average Bonchev–Trinajstić information content (AvgIpc) is 3.01. The highest BCUT2D eigenvalue weighted by Gasteiger charge is 2.30. The zero-order valence-electron chi connectivity index (χ0n) is 14.1. The molecule has 0 aliphatic rings. The van der Waals surface area contributed by atoms with Gasteiger partial charge in [-0.15, -0.1) is 0 Å². The van der Waals surface area contributed by atoms with E-state index in [1.165, 1.54) is 30.3 Å². The number of halogens is 4. The van der Waals surface area contributed by atoms with Crippen molar-refractivity contribution in [3.63, 3.8) is 0 Å². The third-order valence-corrected chi connectivity index (χ3v) is 3.91. The fourth-order valence-corrected chi connectivity index (χ4v) is 2.55. The number of amides is 1. The van der Waals surface area contributed by atoms with E-state index >= 15 is 0 Å². The van der Waals surface area contributed by atoms with E-state index in [1.54, 1.807) is 13.0 Å². The second kappa shape index (κ2) is 7.22. The molecule has 27 heavy (non-hydrogen) atoms. The molecule has 0 saturated carbocycles. The maximum absolute atomic E-state index is 13.4. The highest BCUT2D eigenvalue weighted by atomic mass is 19.4. The van der Waals surface area contributed by atoms with Crippen LogP contribution in [0.5, 0.6) is 0 Å². The first-order chi connectivity index (χ1) is 12.8. The summed E-state index contributed by atoms with van der Waals surface area (Å²) in [6.45, 7) is 1.59. The molecule has 0 radical (unpaired) electrons. The summed E-state index contributed by atoms with van der Waals surface area (Å²) < 4.78 is 56.3. The van der Waals surface area contributed by atoms with Gasteiger partial charge in [0, 0.05) is 12.1 Å². The van der Waals surface area contributed by atoms with Gasteiger partial charge in [0.2, 0.25) is 0 Å². The Morgan fingerprint density at radius 3 is 2.48 bits per heavy atom. The number of aryl methyl sites for hydroxylation is 1. The SMILES string of the molecule is Cc1noc(-c2cccc(F)c2)c1C(=O)NCc1ccc(C(F)(F)F)cc1. The monoisotopic (exact) mass is 378 g/mol. The van der Waals surface area contributed by atoms with Crippen LogP contribution in [0.1, 0.15) is 27.2 Å². The Labute approximate surface area is 151 Å². The van der Waals surface area contributed by atoms with Crippen LogP contribution in [0.15, 0.2) is 53.1 Å². The minimum atomic E-state index is -4.42. The number of nitrogens with one attached hydrogen (secondary N) is 1. The molecule has 3 aromatic rings. The van der Waals surface area contributed by atoms with Gasteiger partial charge in [0.1, 0.15) is 11.4 Å². The molecule has 8 heteroatoms. The maximum Gasteiger partial charge on any atom is 0.416 e. The van der Waals surface area contributed by atoms with Crippen LogP contribution in [0.25, 0.3) is 11.3 Å². The third-order valence-electron chi connectivity index (χ3n) is 3.91. The van der Waals surface area contributed by atoms with Gasteiger partial charge in [0.15, 0.2) is 5.76 Å². The van der Waals surface area contributed by atoms with E-state index in [0.29, 0.717) is 16.8 Å². The Balaban J connectivity index is 1.76. The summed E-state index contributed by atoms with van der Waals surface area (Å²) in [7, 11) is 0. The van der Waals surface area contributed by atoms with E-state index in [2.05, 4.69) is 10.5 Å². The van der Waals surface area contributed by atoms with E-state index < -0.39 is 23.5 Å². The molecule has 3 rings (SSSR count). The molecular weight excluding hydrogens is 364 g/mol. The molecule has 0 bridgehead atoms. The molecule has 2 aromatic carbocycles. The zero-order valence-corrected chi connectivity index (χ0v) is 14.1. The van der Waals surface area contributed by atoms with Gasteiger partial charge in [-0.2, -0.15) is 13.2 Å². The predicted molar refractivity (Wildman–Crippen MR) is 89.2 cm³/mol. The van der Waals surface area contributed by atoms with E-state index in [-0.39, 0.29) is 17.9 Å². The topological polar surface area (TPSA) is 55.1 Å². The minimum absolute atomic E-state index is 0.0180. The van der Waals surface area contributed by atoms with Crippen molar-refractivity contribution < 1.29 is 26.9 Å². The lowest BCUT2D eigenvalue weighted by Crippen LogP contribution is -2.23. The largest absolute Gasteiger partial charge is 0.416 e. The van der Waals surface area contributed by atoms with Crippen LogP contribution >= 0.6 is 0 Å². The molecule has 0 aliphatic carbocycles. The number of aromatic nitrogens is 1. The van der Waals surface area contributed by atoms with Crippen molar-refractivity contribution >= 4 is 5.91 Å². The van der Waals surface area contributed by atoms with Crippen LogP contribution < -0.4 is 5.32 Å². The van der Waals surface area contributed by atoms with Gasteiger partial charge in [0.25, 0.3) is 5.91 Å². The van der Waals surface area contributed by atoms with Crippen molar-refractivity contribution in [2.45, 2.75) is 19.6 Å². The summed E-state index contributed by atoms with van der Waals surface area (Å²) in [5, 5.41) is 6.37. The van der Waals surface area contributed by atoms with Crippen LogP contribution in [-0.2, 0) is 12.7 Å². The molecule has 140 valence electrons. The summed E-state index contributed by atoms with van der Waals surface area (Å²) in [6.07, 6.45) is -4.42. The molecule has 0 spiro atoms. The Kier molecular flexibility index (Phi) is 4.98. The molecule has 1 amide bonds. The van der Waals surface area contributed by atoms with Crippen LogP contribution in [-0.4, -0.2) is 11.1 Å². The number of hydrogen-bond donors (Lipinski definition) is 1. The van der Waals surface area contributed by atoms with Gasteiger partial charge in [-0.3, -0.25) is 4.79 Å². The van der Waals surface area contributed by atoms with Crippen LogP contribution in [0.3, 0.4) is 0 Å². The summed E-state index contributed by atoms with van der Waals surface area (Å²) in [4.78, 5) is 12.5. The molecule has 0 saturated heterocycles. The first-order valence-electron chi connectivity index (χ1n) is 7.92. The Bertz CT molecular complexity index is 963. The predicted octanol–water partition coefficient (Wildman–Crippen LogP) is 4.74. The molecule has 0 unspecified atom stereocenters. The van der Waals surface area contributed by atoms with Gasteiger partial charge in [0.05, 0.1) is 11.3 Å². The molecule has 0 fully saturated rings. The third kappa shape index (κ3) is 4.16. The van der Waals surface area contributed by atoms with Crippen LogP contribution in [0.4, 0.5) is 17.6 Å². The lowest BCUT2D eigenvalue weighted by Gasteiger charge is -2.09. The van der Waals surface area contributed by atoms with E-state index in [9.17, 15) is 22.4 Å². The first kappa shape index (κ1) is 18.6. The Morgan fingerprint density at radius 2 is 1.85 bits per heavy atom. The van der Waals surface area contributed by atoms with Gasteiger partial charge >= 0.3 is 6.18 Å². The van der Waals surface area contributed by atoms with Gasteiger partial charge in [-0.05, 0) is 36.8 Å². The average molecular weight is 378 g/mol. The number of carbonyl (C=O) groups is 1. The number of carbonyl (C=O) groups excluding carboxylic acids is 1. The van der Waals surface area contributed by atoms with Crippen molar-refractivity contribution in [2.24, 2.45) is 0 Å². The van der Waals surface area contributed by atoms with Crippen LogP contribution in [0, 0.1) is 12.7 Å². The zero-order chi connectivity index (χ0) is 19.6. The molecule has 4 nitrogen and oxygen atoms in total. The summed E-state index contributed by atoms with van der Waals surface area (Å²) >= 11 is 0. The number of rotatable bonds is 4.